The summed E-state index contributed by atoms with van der Waals surface area (Å²) in [6.45, 7) is 6.27. The second-order valence-electron chi connectivity index (χ2n) is 4.81. The van der Waals surface area contributed by atoms with Gasteiger partial charge in [-0.3, -0.25) is 9.59 Å². The zero-order valence-corrected chi connectivity index (χ0v) is 10.9. The summed E-state index contributed by atoms with van der Waals surface area (Å²) >= 11 is 0. The van der Waals surface area contributed by atoms with Gasteiger partial charge in [0.15, 0.2) is 0 Å². The number of ether oxygens (including phenoxy) is 1. The van der Waals surface area contributed by atoms with Crippen LogP contribution < -0.4 is 5.32 Å². The van der Waals surface area contributed by atoms with Crippen LogP contribution in [0, 0.1) is 0 Å². The number of carbonyl (C=O) groups is 2. The summed E-state index contributed by atoms with van der Waals surface area (Å²) in [7, 11) is 1.51. The zero-order chi connectivity index (χ0) is 13.5. The van der Waals surface area contributed by atoms with E-state index in [0.717, 1.165) is 0 Å². The fourth-order valence-corrected chi connectivity index (χ4v) is 1.11. The van der Waals surface area contributed by atoms with Gasteiger partial charge in [0.1, 0.15) is 6.54 Å². The lowest BCUT2D eigenvalue weighted by Crippen LogP contribution is -2.47. The Bertz CT molecular complexity index is 261. The van der Waals surface area contributed by atoms with Crippen LogP contribution in [0.4, 0.5) is 0 Å². The average molecular weight is 246 g/mol. The fraction of sp³-hybridized carbons (Fsp3) is 0.818. The first-order chi connectivity index (χ1) is 7.76. The van der Waals surface area contributed by atoms with E-state index in [9.17, 15) is 9.59 Å². The van der Waals surface area contributed by atoms with Crippen molar-refractivity contribution >= 4 is 11.9 Å². The van der Waals surface area contributed by atoms with Crippen molar-refractivity contribution in [2.75, 3.05) is 33.4 Å². The molecule has 2 N–H and O–H groups in total. The molecule has 6 heteroatoms. The van der Waals surface area contributed by atoms with Crippen LogP contribution in [0.15, 0.2) is 0 Å². The lowest BCUT2D eigenvalue weighted by molar-refractivity contribution is -0.144. The number of carboxylic acids is 1. The first-order valence-corrected chi connectivity index (χ1v) is 5.50. The molecule has 0 aliphatic carbocycles. The molecule has 17 heavy (non-hydrogen) atoms. The van der Waals surface area contributed by atoms with E-state index >= 15 is 0 Å². The van der Waals surface area contributed by atoms with Gasteiger partial charge in [-0.05, 0) is 20.8 Å². The number of hydrogen-bond donors (Lipinski definition) is 2. The van der Waals surface area contributed by atoms with Gasteiger partial charge >= 0.3 is 5.97 Å². The van der Waals surface area contributed by atoms with Crippen LogP contribution in [0.25, 0.3) is 0 Å². The van der Waals surface area contributed by atoms with E-state index in [1.165, 1.54) is 12.0 Å². The van der Waals surface area contributed by atoms with E-state index in [2.05, 4.69) is 5.32 Å². The summed E-state index contributed by atoms with van der Waals surface area (Å²) in [5.41, 5.74) is -0.175. The van der Waals surface area contributed by atoms with Gasteiger partial charge in [-0.2, -0.15) is 0 Å². The Morgan fingerprint density at radius 2 is 1.94 bits per heavy atom. The van der Waals surface area contributed by atoms with Crippen molar-refractivity contribution in [3.63, 3.8) is 0 Å². The van der Waals surface area contributed by atoms with Crippen LogP contribution >= 0.6 is 0 Å². The van der Waals surface area contributed by atoms with Crippen LogP contribution in [0.2, 0.25) is 0 Å². The third-order valence-electron chi connectivity index (χ3n) is 2.01. The summed E-state index contributed by atoms with van der Waals surface area (Å²) in [6.07, 6.45) is 0. The molecule has 0 saturated heterocycles. The maximum atomic E-state index is 11.8. The third-order valence-corrected chi connectivity index (χ3v) is 2.01. The number of amides is 1. The van der Waals surface area contributed by atoms with Gasteiger partial charge in [0.25, 0.3) is 0 Å². The van der Waals surface area contributed by atoms with E-state index in [0.29, 0.717) is 6.61 Å². The predicted octanol–water partition coefficient (Wildman–Crippen LogP) is -0.0659. The Balaban J connectivity index is 4.26. The molecule has 0 heterocycles. The van der Waals surface area contributed by atoms with Crippen molar-refractivity contribution in [2.24, 2.45) is 0 Å². The molecule has 1 amide bonds. The number of nitrogens with one attached hydrogen (secondary N) is 1. The quantitative estimate of drug-likeness (QED) is 0.657. The smallest absolute Gasteiger partial charge is 0.323 e. The van der Waals surface area contributed by atoms with E-state index in [4.69, 9.17) is 9.84 Å². The van der Waals surface area contributed by atoms with Gasteiger partial charge in [-0.15, -0.1) is 0 Å². The number of nitrogens with zero attached hydrogens (tertiary/aromatic N) is 1. The van der Waals surface area contributed by atoms with Crippen molar-refractivity contribution in [3.05, 3.63) is 0 Å². The minimum absolute atomic E-state index is 0.125. The molecule has 0 atom stereocenters. The van der Waals surface area contributed by atoms with E-state index < -0.39 is 5.97 Å². The maximum absolute atomic E-state index is 11.8. The van der Waals surface area contributed by atoms with E-state index in [-0.39, 0.29) is 31.1 Å². The normalized spacial score (nSPS) is 11.3. The van der Waals surface area contributed by atoms with Crippen LogP contribution in [0.3, 0.4) is 0 Å². The maximum Gasteiger partial charge on any atom is 0.323 e. The molecular formula is C11H22N2O4. The predicted molar refractivity (Wildman–Crippen MR) is 63.8 cm³/mol. The van der Waals surface area contributed by atoms with Crippen molar-refractivity contribution in [3.8, 4) is 0 Å². The molecule has 0 aromatic heterocycles. The molecule has 0 rings (SSSR count). The molecule has 0 unspecified atom stereocenters. The highest BCUT2D eigenvalue weighted by Gasteiger charge is 2.18. The number of hydrogen-bond acceptors (Lipinski definition) is 4. The largest absolute Gasteiger partial charge is 0.480 e. The average Bonchev–Trinajstić information content (AvgIpc) is 2.19. The Kier molecular flexibility index (Phi) is 6.75. The van der Waals surface area contributed by atoms with E-state index in [1.807, 2.05) is 20.8 Å². The first-order valence-electron chi connectivity index (χ1n) is 5.50. The fourth-order valence-electron chi connectivity index (χ4n) is 1.11. The number of aliphatic carboxylic acids is 1. The molecule has 0 radical (unpaired) electrons. The lowest BCUT2D eigenvalue weighted by atomic mass is 10.1. The highest BCUT2D eigenvalue weighted by atomic mass is 16.5. The van der Waals surface area contributed by atoms with Crippen molar-refractivity contribution in [2.45, 2.75) is 26.3 Å². The van der Waals surface area contributed by atoms with Gasteiger partial charge in [0, 0.05) is 19.2 Å². The molecule has 0 aromatic rings. The topological polar surface area (TPSA) is 78.9 Å². The highest BCUT2D eigenvalue weighted by Crippen LogP contribution is 1.98. The summed E-state index contributed by atoms with van der Waals surface area (Å²) < 4.78 is 4.84. The van der Waals surface area contributed by atoms with Gasteiger partial charge in [-0.25, -0.2) is 0 Å². The lowest BCUT2D eigenvalue weighted by Gasteiger charge is -2.24. The van der Waals surface area contributed by atoms with Crippen LogP contribution in [-0.2, 0) is 14.3 Å². The Morgan fingerprint density at radius 1 is 1.35 bits per heavy atom. The molecule has 100 valence electrons. The molecule has 0 aliphatic rings. The summed E-state index contributed by atoms with van der Waals surface area (Å²) in [4.78, 5) is 23.7. The molecule has 0 bridgehead atoms. The monoisotopic (exact) mass is 246 g/mol. The summed E-state index contributed by atoms with van der Waals surface area (Å²) in [5, 5.41) is 11.7. The van der Waals surface area contributed by atoms with Gasteiger partial charge < -0.3 is 20.1 Å². The Morgan fingerprint density at radius 3 is 2.35 bits per heavy atom. The molecule has 0 aromatic carbocycles. The van der Waals surface area contributed by atoms with Gasteiger partial charge in [-0.1, -0.05) is 0 Å². The SMILES string of the molecule is COCCN(CC(=O)O)C(=O)CNC(C)(C)C. The Labute approximate surface area is 102 Å². The molecule has 0 aliphatic heterocycles. The summed E-state index contributed by atoms with van der Waals surface area (Å²) in [5.74, 6) is -1.26. The molecule has 0 fully saturated rings. The van der Waals surface area contributed by atoms with Crippen LogP contribution in [-0.4, -0.2) is 60.8 Å². The second-order valence-corrected chi connectivity index (χ2v) is 4.81. The van der Waals surface area contributed by atoms with Crippen LogP contribution in [0.5, 0.6) is 0 Å². The molecule has 6 nitrogen and oxygen atoms in total. The summed E-state index contributed by atoms with van der Waals surface area (Å²) in [6, 6.07) is 0. The highest BCUT2D eigenvalue weighted by molar-refractivity contribution is 5.82. The zero-order valence-electron chi connectivity index (χ0n) is 10.9. The number of carboxylic acid groups (broad SMARTS) is 1. The molecular weight excluding hydrogens is 224 g/mol. The van der Waals surface area contributed by atoms with Crippen molar-refractivity contribution in [1.82, 2.24) is 10.2 Å². The number of rotatable bonds is 7. The number of methoxy groups -OCH3 is 1. The third kappa shape index (κ3) is 8.65. The first kappa shape index (κ1) is 15.9. The van der Waals surface area contributed by atoms with Crippen LogP contribution in [0.1, 0.15) is 20.8 Å². The standard InChI is InChI=1S/C11H22N2O4/c1-11(2,3)12-7-9(14)13(5-6-17-4)8-10(15)16/h12H,5-8H2,1-4H3,(H,15,16). The molecule has 0 spiro atoms. The second kappa shape index (κ2) is 7.24. The van der Waals surface area contributed by atoms with E-state index in [1.54, 1.807) is 0 Å². The van der Waals surface area contributed by atoms with Gasteiger partial charge in [0.2, 0.25) is 5.91 Å². The van der Waals surface area contributed by atoms with Crippen molar-refractivity contribution in [1.29, 1.82) is 0 Å². The number of carbonyl (C=O) groups excluding carboxylic acids is 1. The minimum atomic E-state index is -1.02. The molecule has 0 saturated carbocycles. The minimum Gasteiger partial charge on any atom is -0.480 e. The van der Waals surface area contributed by atoms with Crippen molar-refractivity contribution < 1.29 is 19.4 Å². The Hall–Kier alpha value is -1.14. The van der Waals surface area contributed by atoms with Gasteiger partial charge in [0.05, 0.1) is 13.2 Å².